The van der Waals surface area contributed by atoms with Gasteiger partial charge in [-0.15, -0.1) is 18.3 Å². The zero-order chi connectivity index (χ0) is 23.7. The Morgan fingerprint density at radius 3 is 2.50 bits per heavy atom. The highest BCUT2D eigenvalue weighted by atomic mass is 19.4. The van der Waals surface area contributed by atoms with Crippen molar-refractivity contribution in [2.24, 2.45) is 7.05 Å². The Labute approximate surface area is 179 Å². The van der Waals surface area contributed by atoms with Gasteiger partial charge in [0.25, 0.3) is 5.91 Å². The summed E-state index contributed by atoms with van der Waals surface area (Å²) >= 11 is 0. The third kappa shape index (κ3) is 5.19. The number of rotatable bonds is 6. The predicted octanol–water partition coefficient (Wildman–Crippen LogP) is 3.16. The van der Waals surface area contributed by atoms with Crippen molar-refractivity contribution < 1.29 is 32.2 Å². The maximum absolute atomic E-state index is 14.2. The van der Waals surface area contributed by atoms with E-state index in [4.69, 9.17) is 0 Å². The van der Waals surface area contributed by atoms with Gasteiger partial charge in [0.05, 0.1) is 17.3 Å². The van der Waals surface area contributed by atoms with Gasteiger partial charge in [-0.25, -0.2) is 9.07 Å². The molecule has 3 rings (SSSR count). The van der Waals surface area contributed by atoms with E-state index in [1.807, 2.05) is 0 Å². The molecule has 2 aromatic heterocycles. The predicted molar refractivity (Wildman–Crippen MR) is 104 cm³/mol. The number of halogens is 4. The van der Waals surface area contributed by atoms with Crippen LogP contribution in [0.3, 0.4) is 0 Å². The third-order valence-electron chi connectivity index (χ3n) is 4.45. The molecule has 0 radical (unpaired) electrons. The largest absolute Gasteiger partial charge is 0.573 e. The molecule has 3 aromatic rings. The number of aliphatic hydroxyl groups is 1. The van der Waals surface area contributed by atoms with Gasteiger partial charge < -0.3 is 15.2 Å². The van der Waals surface area contributed by atoms with Gasteiger partial charge in [-0.2, -0.15) is 0 Å². The molecule has 1 aromatic carbocycles. The summed E-state index contributed by atoms with van der Waals surface area (Å²) in [6, 6.07) is 6.46. The van der Waals surface area contributed by atoms with Crippen LogP contribution in [0.5, 0.6) is 5.75 Å². The van der Waals surface area contributed by atoms with Gasteiger partial charge in [0, 0.05) is 13.2 Å². The zero-order valence-electron chi connectivity index (χ0n) is 17.2. The number of pyridine rings is 1. The van der Waals surface area contributed by atoms with E-state index in [1.165, 1.54) is 31.8 Å². The lowest BCUT2D eigenvalue weighted by molar-refractivity contribution is -0.275. The fourth-order valence-electron chi connectivity index (χ4n) is 3.06. The van der Waals surface area contributed by atoms with Gasteiger partial charge in [0.1, 0.15) is 5.69 Å². The maximum atomic E-state index is 14.2. The summed E-state index contributed by atoms with van der Waals surface area (Å²) in [7, 11) is 1.48. The number of amides is 1. The van der Waals surface area contributed by atoms with E-state index >= 15 is 0 Å². The maximum Gasteiger partial charge on any atom is 0.573 e. The lowest BCUT2D eigenvalue weighted by Crippen LogP contribution is -2.42. The topological polar surface area (TPSA) is 102 Å². The van der Waals surface area contributed by atoms with Crippen molar-refractivity contribution in [3.63, 3.8) is 0 Å². The molecule has 0 spiro atoms. The number of aryl methyl sites for hydroxylation is 1. The van der Waals surface area contributed by atoms with Crippen LogP contribution in [0.25, 0.3) is 11.4 Å². The Hall–Kier alpha value is -3.54. The van der Waals surface area contributed by atoms with Crippen molar-refractivity contribution in [3.05, 3.63) is 59.7 Å². The summed E-state index contributed by atoms with van der Waals surface area (Å²) in [6.45, 7) is 2.72. The molecule has 0 saturated heterocycles. The molecule has 0 unspecified atom stereocenters. The minimum absolute atomic E-state index is 0.0207. The molecule has 0 aliphatic heterocycles. The van der Waals surface area contributed by atoms with Crippen LogP contribution in [0.4, 0.5) is 17.6 Å². The minimum atomic E-state index is -5.07. The van der Waals surface area contributed by atoms with Crippen LogP contribution in [0.2, 0.25) is 0 Å². The van der Waals surface area contributed by atoms with E-state index in [1.54, 1.807) is 18.2 Å². The quantitative estimate of drug-likeness (QED) is 0.556. The summed E-state index contributed by atoms with van der Waals surface area (Å²) in [5.41, 5.74) is -1.01. The molecule has 0 aliphatic carbocycles. The highest BCUT2D eigenvalue weighted by Gasteiger charge is 2.35. The summed E-state index contributed by atoms with van der Waals surface area (Å²) < 4.78 is 56.3. The highest BCUT2D eigenvalue weighted by Crippen LogP contribution is 2.32. The van der Waals surface area contributed by atoms with Crippen molar-refractivity contribution in [2.75, 3.05) is 0 Å². The van der Waals surface area contributed by atoms with Crippen LogP contribution < -0.4 is 10.1 Å². The zero-order valence-corrected chi connectivity index (χ0v) is 17.2. The molecule has 12 heteroatoms. The van der Waals surface area contributed by atoms with Crippen molar-refractivity contribution in [2.45, 2.75) is 31.9 Å². The van der Waals surface area contributed by atoms with Gasteiger partial charge in [0.2, 0.25) is 0 Å². The number of ether oxygens (including phenoxy) is 1. The first-order valence-corrected chi connectivity index (χ1v) is 9.26. The van der Waals surface area contributed by atoms with E-state index in [-0.39, 0.29) is 17.0 Å². The Morgan fingerprint density at radius 2 is 1.94 bits per heavy atom. The van der Waals surface area contributed by atoms with E-state index in [9.17, 15) is 27.5 Å². The van der Waals surface area contributed by atoms with Crippen molar-refractivity contribution in [1.29, 1.82) is 0 Å². The van der Waals surface area contributed by atoms with Crippen LogP contribution in [0.1, 0.15) is 35.9 Å². The number of alkyl halides is 3. The second kappa shape index (κ2) is 8.54. The standard InChI is InChI=1S/C20H19F4N5O3/c1-19(2,31)17(11-7-8-14(12(21)10-11)32-20(22,23)24)26-18(30)16-15(27-28-29(16)3)13-6-4-5-9-25-13/h4-10,17,31H,1-3H3,(H,26,30)/t17-/m0/s1. The van der Waals surface area contributed by atoms with E-state index in [0.717, 1.165) is 18.2 Å². The Balaban J connectivity index is 1.94. The summed E-state index contributed by atoms with van der Waals surface area (Å²) in [5.74, 6) is -3.05. The van der Waals surface area contributed by atoms with Crippen molar-refractivity contribution >= 4 is 5.91 Å². The molecule has 1 atom stereocenters. The fourth-order valence-corrected chi connectivity index (χ4v) is 3.06. The monoisotopic (exact) mass is 453 g/mol. The van der Waals surface area contributed by atoms with Gasteiger partial charge in [0.15, 0.2) is 17.3 Å². The second-order valence-electron chi connectivity index (χ2n) is 7.42. The summed E-state index contributed by atoms with van der Waals surface area (Å²) in [6.07, 6.45) is -3.56. The van der Waals surface area contributed by atoms with E-state index in [2.05, 4.69) is 25.3 Å². The number of aromatic nitrogens is 4. The molecule has 0 saturated carbocycles. The van der Waals surface area contributed by atoms with Crippen molar-refractivity contribution in [1.82, 2.24) is 25.3 Å². The van der Waals surface area contributed by atoms with Gasteiger partial charge >= 0.3 is 6.36 Å². The summed E-state index contributed by atoms with van der Waals surface area (Å²) in [4.78, 5) is 17.2. The molecular formula is C20H19F4N5O3. The van der Waals surface area contributed by atoms with Crippen molar-refractivity contribution in [3.8, 4) is 17.1 Å². The molecule has 170 valence electrons. The smallest absolute Gasteiger partial charge is 0.403 e. The molecule has 1 amide bonds. The average Bonchev–Trinajstić information content (AvgIpc) is 3.08. The number of benzene rings is 1. The lowest BCUT2D eigenvalue weighted by atomic mass is 9.91. The first-order valence-electron chi connectivity index (χ1n) is 9.26. The molecule has 0 fully saturated rings. The van der Waals surface area contributed by atoms with Crippen LogP contribution >= 0.6 is 0 Å². The SMILES string of the molecule is Cn1nnc(-c2ccccn2)c1C(=O)N[C@@H](c1ccc(OC(F)(F)F)c(F)c1)C(C)(C)O. The van der Waals surface area contributed by atoms with Crippen LogP contribution in [0, 0.1) is 5.82 Å². The van der Waals surface area contributed by atoms with Crippen LogP contribution in [-0.4, -0.2) is 43.0 Å². The molecule has 0 aliphatic rings. The average molecular weight is 453 g/mol. The fraction of sp³-hybridized carbons (Fsp3) is 0.300. The first kappa shape index (κ1) is 23.1. The number of hydrogen-bond acceptors (Lipinski definition) is 6. The minimum Gasteiger partial charge on any atom is -0.403 e. The molecule has 0 bridgehead atoms. The third-order valence-corrected chi connectivity index (χ3v) is 4.45. The number of carbonyl (C=O) groups excluding carboxylic acids is 1. The highest BCUT2D eigenvalue weighted by molar-refractivity contribution is 5.98. The van der Waals surface area contributed by atoms with E-state index in [0.29, 0.717) is 5.69 Å². The Bertz CT molecular complexity index is 1110. The second-order valence-corrected chi connectivity index (χ2v) is 7.42. The lowest BCUT2D eigenvalue weighted by Gasteiger charge is -2.31. The van der Waals surface area contributed by atoms with Gasteiger partial charge in [-0.05, 0) is 43.7 Å². The van der Waals surface area contributed by atoms with Crippen LogP contribution in [0.15, 0.2) is 42.6 Å². The molecule has 2 N–H and O–H groups in total. The molecule has 8 nitrogen and oxygen atoms in total. The van der Waals surface area contributed by atoms with Gasteiger partial charge in [-0.3, -0.25) is 9.78 Å². The summed E-state index contributed by atoms with van der Waals surface area (Å²) in [5, 5.41) is 20.9. The molecular weight excluding hydrogens is 434 g/mol. The Morgan fingerprint density at radius 1 is 1.22 bits per heavy atom. The van der Waals surface area contributed by atoms with E-state index < -0.39 is 35.5 Å². The molecule has 32 heavy (non-hydrogen) atoms. The number of nitrogens with zero attached hydrogens (tertiary/aromatic N) is 4. The Kier molecular flexibility index (Phi) is 6.17. The first-order chi connectivity index (χ1) is 14.9. The van der Waals surface area contributed by atoms with Gasteiger partial charge in [-0.1, -0.05) is 17.3 Å². The van der Waals surface area contributed by atoms with Crippen LogP contribution in [-0.2, 0) is 7.05 Å². The number of carbonyl (C=O) groups is 1. The number of nitrogens with one attached hydrogen (secondary N) is 1. The normalized spacial score (nSPS) is 13.0. The number of hydrogen-bond donors (Lipinski definition) is 2. The molecule has 2 heterocycles.